The highest BCUT2D eigenvalue weighted by atomic mass is 16.7. The summed E-state index contributed by atoms with van der Waals surface area (Å²) in [7, 11) is 1.29. The van der Waals surface area contributed by atoms with Gasteiger partial charge in [0.1, 0.15) is 5.75 Å². The zero-order chi connectivity index (χ0) is 32.3. The van der Waals surface area contributed by atoms with E-state index in [1.165, 1.54) is 7.11 Å². The summed E-state index contributed by atoms with van der Waals surface area (Å²) in [5, 5.41) is 5.55. The molecule has 0 heterocycles. The standard InChI is InChI=1S/C30H51N3O10/c1-8-40-28(41-9-2)24-16-22(10-11-23(24)27(36)37-7)42-18-26(35)33-13-15-38-14-12-32-25(34)17-29(3,4)19-39-20-30(5,6)21-43-31/h10-11,16,28H,8-9,12-15,17-21,31H2,1-7H3,(H,32,34)(H,33,35). The molecule has 0 spiro atoms. The molecule has 0 fully saturated rings. The van der Waals surface area contributed by atoms with Gasteiger partial charge < -0.3 is 43.9 Å². The van der Waals surface area contributed by atoms with E-state index in [0.29, 0.717) is 63.9 Å². The molecular formula is C30H51N3O10. The van der Waals surface area contributed by atoms with Crippen LogP contribution in [0.25, 0.3) is 0 Å². The quantitative estimate of drug-likeness (QED) is 0.0718. The molecule has 4 N–H and O–H groups in total. The topological polar surface area (TPSA) is 166 Å². The Morgan fingerprint density at radius 2 is 1.47 bits per heavy atom. The van der Waals surface area contributed by atoms with Crippen molar-refractivity contribution < 1.29 is 47.6 Å². The summed E-state index contributed by atoms with van der Waals surface area (Å²) in [6.07, 6.45) is -0.481. The molecule has 0 unspecified atom stereocenters. The van der Waals surface area contributed by atoms with E-state index in [0.717, 1.165) is 0 Å². The molecule has 1 aromatic rings. The minimum Gasteiger partial charge on any atom is -0.484 e. The van der Waals surface area contributed by atoms with Gasteiger partial charge in [0.05, 0.1) is 45.7 Å². The molecular weight excluding hydrogens is 562 g/mol. The molecule has 0 bridgehead atoms. The second-order valence-electron chi connectivity index (χ2n) is 11.4. The van der Waals surface area contributed by atoms with Crippen molar-refractivity contribution in [1.82, 2.24) is 10.6 Å². The molecule has 0 saturated carbocycles. The summed E-state index contributed by atoms with van der Waals surface area (Å²) in [6.45, 7) is 14.5. The SMILES string of the molecule is CCOC(OCC)c1cc(OCC(=O)NCCOCCNC(=O)CC(C)(C)COCC(C)(C)CON)ccc1C(=O)OC. The van der Waals surface area contributed by atoms with Crippen LogP contribution in [0.3, 0.4) is 0 Å². The number of amides is 2. The number of methoxy groups -OCH3 is 1. The summed E-state index contributed by atoms with van der Waals surface area (Å²) in [5.41, 5.74) is 0.184. The van der Waals surface area contributed by atoms with Crippen molar-refractivity contribution in [3.05, 3.63) is 29.3 Å². The van der Waals surface area contributed by atoms with Gasteiger partial charge in [-0.3, -0.25) is 9.59 Å². The first-order valence-corrected chi connectivity index (χ1v) is 14.5. The second kappa shape index (κ2) is 20.2. The second-order valence-corrected chi connectivity index (χ2v) is 11.4. The third-order valence-electron chi connectivity index (χ3n) is 5.92. The molecule has 0 aliphatic rings. The van der Waals surface area contributed by atoms with Crippen LogP contribution in [0, 0.1) is 10.8 Å². The predicted octanol–water partition coefficient (Wildman–Crippen LogP) is 2.52. The lowest BCUT2D eigenvalue weighted by atomic mass is 9.89. The Bertz CT molecular complexity index is 981. The van der Waals surface area contributed by atoms with Crippen molar-refractivity contribution in [2.24, 2.45) is 16.7 Å². The van der Waals surface area contributed by atoms with E-state index in [-0.39, 0.29) is 48.0 Å². The summed E-state index contributed by atoms with van der Waals surface area (Å²) < 4.78 is 33.0. The molecule has 0 atom stereocenters. The van der Waals surface area contributed by atoms with Crippen molar-refractivity contribution in [2.45, 2.75) is 54.3 Å². The number of ether oxygens (including phenoxy) is 6. The van der Waals surface area contributed by atoms with Crippen LogP contribution in [0.15, 0.2) is 18.2 Å². The normalized spacial score (nSPS) is 11.8. The molecule has 0 aliphatic carbocycles. The van der Waals surface area contributed by atoms with Gasteiger partial charge in [-0.1, -0.05) is 27.7 Å². The highest BCUT2D eigenvalue weighted by molar-refractivity contribution is 5.91. The number of nitrogens with two attached hydrogens (primary N) is 1. The lowest BCUT2D eigenvalue weighted by molar-refractivity contribution is -0.140. The average Bonchev–Trinajstić information content (AvgIpc) is 2.94. The molecule has 0 radical (unpaired) electrons. The summed E-state index contributed by atoms with van der Waals surface area (Å²) in [4.78, 5) is 41.5. The summed E-state index contributed by atoms with van der Waals surface area (Å²) in [5.74, 6) is 4.55. The van der Waals surface area contributed by atoms with Gasteiger partial charge >= 0.3 is 5.97 Å². The van der Waals surface area contributed by atoms with E-state index in [9.17, 15) is 14.4 Å². The Kier molecular flexibility index (Phi) is 18.0. The number of benzene rings is 1. The minimum absolute atomic E-state index is 0.0937. The van der Waals surface area contributed by atoms with Crippen LogP contribution < -0.4 is 21.3 Å². The van der Waals surface area contributed by atoms with Crippen molar-refractivity contribution in [3.63, 3.8) is 0 Å². The molecule has 0 aromatic heterocycles. The van der Waals surface area contributed by atoms with Crippen molar-refractivity contribution in [2.75, 3.05) is 73.1 Å². The molecule has 0 aliphatic heterocycles. The smallest absolute Gasteiger partial charge is 0.338 e. The fraction of sp³-hybridized carbons (Fsp3) is 0.700. The van der Waals surface area contributed by atoms with Crippen LogP contribution in [-0.2, 0) is 38.1 Å². The zero-order valence-corrected chi connectivity index (χ0v) is 26.7. The van der Waals surface area contributed by atoms with Crippen molar-refractivity contribution >= 4 is 17.8 Å². The monoisotopic (exact) mass is 613 g/mol. The molecule has 246 valence electrons. The van der Waals surface area contributed by atoms with Crippen LogP contribution in [-0.4, -0.2) is 90.8 Å². The van der Waals surface area contributed by atoms with E-state index in [1.54, 1.807) is 18.2 Å². The zero-order valence-electron chi connectivity index (χ0n) is 26.7. The number of carbonyl (C=O) groups excluding carboxylic acids is 3. The lowest BCUT2D eigenvalue weighted by Crippen LogP contribution is -2.35. The van der Waals surface area contributed by atoms with E-state index >= 15 is 0 Å². The Morgan fingerprint density at radius 1 is 0.860 bits per heavy atom. The maximum Gasteiger partial charge on any atom is 0.338 e. The summed E-state index contributed by atoms with van der Waals surface area (Å²) >= 11 is 0. The fourth-order valence-corrected chi connectivity index (χ4v) is 3.90. The van der Waals surface area contributed by atoms with Crippen LogP contribution in [0.4, 0.5) is 0 Å². The van der Waals surface area contributed by atoms with Gasteiger partial charge in [0.15, 0.2) is 12.9 Å². The minimum atomic E-state index is -0.788. The van der Waals surface area contributed by atoms with E-state index in [4.69, 9.17) is 39.2 Å². The van der Waals surface area contributed by atoms with E-state index < -0.39 is 12.3 Å². The number of hydrogen-bond donors (Lipinski definition) is 3. The highest BCUT2D eigenvalue weighted by Crippen LogP contribution is 2.28. The van der Waals surface area contributed by atoms with Gasteiger partial charge in [-0.15, -0.1) is 0 Å². The molecule has 2 amide bonds. The number of esters is 1. The van der Waals surface area contributed by atoms with Crippen molar-refractivity contribution in [3.8, 4) is 5.75 Å². The number of carbonyl (C=O) groups is 3. The number of rotatable bonds is 23. The van der Waals surface area contributed by atoms with Crippen LogP contribution >= 0.6 is 0 Å². The maximum atomic E-state index is 12.3. The molecule has 1 rings (SSSR count). The fourth-order valence-electron chi connectivity index (χ4n) is 3.90. The predicted molar refractivity (Wildman–Crippen MR) is 159 cm³/mol. The van der Waals surface area contributed by atoms with Gasteiger partial charge in [-0.05, 0) is 37.5 Å². The Labute approximate surface area is 255 Å². The average molecular weight is 614 g/mol. The molecule has 0 saturated heterocycles. The van der Waals surface area contributed by atoms with Crippen molar-refractivity contribution in [1.29, 1.82) is 0 Å². The Morgan fingerprint density at radius 3 is 2.05 bits per heavy atom. The van der Waals surface area contributed by atoms with Gasteiger partial charge in [0, 0.05) is 43.7 Å². The first kappa shape index (κ1) is 38.2. The van der Waals surface area contributed by atoms with Gasteiger partial charge in [-0.25, -0.2) is 10.7 Å². The van der Waals surface area contributed by atoms with Gasteiger partial charge in [-0.2, -0.15) is 0 Å². The van der Waals surface area contributed by atoms with Crippen LogP contribution in [0.1, 0.15) is 70.2 Å². The maximum absolute atomic E-state index is 12.3. The van der Waals surface area contributed by atoms with Gasteiger partial charge in [0.2, 0.25) is 5.91 Å². The van der Waals surface area contributed by atoms with E-state index in [2.05, 4.69) is 10.6 Å². The third kappa shape index (κ3) is 16.0. The summed E-state index contributed by atoms with van der Waals surface area (Å²) in [6, 6.07) is 4.71. The van der Waals surface area contributed by atoms with Crippen LogP contribution in [0.5, 0.6) is 5.75 Å². The van der Waals surface area contributed by atoms with Crippen LogP contribution in [0.2, 0.25) is 0 Å². The lowest BCUT2D eigenvalue weighted by Gasteiger charge is -2.28. The van der Waals surface area contributed by atoms with Gasteiger partial charge in [0.25, 0.3) is 5.91 Å². The largest absolute Gasteiger partial charge is 0.484 e. The first-order valence-electron chi connectivity index (χ1n) is 14.5. The number of nitrogens with one attached hydrogen (secondary N) is 2. The Balaban J connectivity index is 2.35. The molecule has 13 heteroatoms. The Hall–Kier alpha value is -2.81. The molecule has 1 aromatic carbocycles. The molecule has 13 nitrogen and oxygen atoms in total. The molecule has 43 heavy (non-hydrogen) atoms. The first-order chi connectivity index (χ1) is 20.4. The third-order valence-corrected chi connectivity index (χ3v) is 5.92. The number of hydrogen-bond acceptors (Lipinski definition) is 11. The van der Waals surface area contributed by atoms with E-state index in [1.807, 2.05) is 41.5 Å². The highest BCUT2D eigenvalue weighted by Gasteiger charge is 2.25.